The minimum absolute atomic E-state index is 0.157. The highest BCUT2D eigenvalue weighted by Crippen LogP contribution is 2.22. The van der Waals surface area contributed by atoms with E-state index >= 15 is 0 Å². The van der Waals surface area contributed by atoms with Gasteiger partial charge >= 0.3 is 0 Å². The molecular formula is C16H23OS2+. The summed E-state index contributed by atoms with van der Waals surface area (Å²) in [5, 5.41) is 0. The highest BCUT2D eigenvalue weighted by molar-refractivity contribution is 8.05. The van der Waals surface area contributed by atoms with Gasteiger partial charge in [-0.3, -0.25) is 4.79 Å². The summed E-state index contributed by atoms with van der Waals surface area (Å²) in [7, 11) is 0.332. The normalized spacial score (nSPS) is 17.4. The first kappa shape index (κ1) is 15.0. The Morgan fingerprint density at radius 1 is 1.16 bits per heavy atom. The fourth-order valence-corrected chi connectivity index (χ4v) is 6.19. The SMILES string of the molecule is CC(C)(C)c1ccc(C(=O)C[S+]2CCSCC2)cc1. The van der Waals surface area contributed by atoms with Crippen LogP contribution in [0.4, 0.5) is 0 Å². The van der Waals surface area contributed by atoms with Crippen molar-refractivity contribution in [3.05, 3.63) is 35.4 Å². The van der Waals surface area contributed by atoms with Crippen molar-refractivity contribution in [1.82, 2.24) is 0 Å². The van der Waals surface area contributed by atoms with Gasteiger partial charge in [0.2, 0.25) is 5.78 Å². The van der Waals surface area contributed by atoms with Crippen LogP contribution in [-0.2, 0) is 16.3 Å². The van der Waals surface area contributed by atoms with E-state index in [4.69, 9.17) is 0 Å². The molecule has 104 valence electrons. The van der Waals surface area contributed by atoms with Crippen molar-refractivity contribution in [2.24, 2.45) is 0 Å². The van der Waals surface area contributed by atoms with Gasteiger partial charge in [0.15, 0.2) is 5.75 Å². The summed E-state index contributed by atoms with van der Waals surface area (Å²) in [6.07, 6.45) is 0. The largest absolute Gasteiger partial charge is 0.289 e. The molecule has 19 heavy (non-hydrogen) atoms. The molecule has 0 bridgehead atoms. The number of carbonyl (C=O) groups is 1. The Labute approximate surface area is 123 Å². The van der Waals surface area contributed by atoms with Crippen LogP contribution in [0.3, 0.4) is 0 Å². The molecule has 0 unspecified atom stereocenters. The minimum Gasteiger partial charge on any atom is -0.289 e. The molecule has 3 heteroatoms. The van der Waals surface area contributed by atoms with Crippen LogP contribution in [0.1, 0.15) is 36.7 Å². The monoisotopic (exact) mass is 295 g/mol. The summed E-state index contributed by atoms with van der Waals surface area (Å²) in [4.78, 5) is 12.3. The number of rotatable bonds is 3. The van der Waals surface area contributed by atoms with E-state index in [-0.39, 0.29) is 5.41 Å². The van der Waals surface area contributed by atoms with Crippen LogP contribution in [-0.4, -0.2) is 34.5 Å². The summed E-state index contributed by atoms with van der Waals surface area (Å²) >= 11 is 2.02. The zero-order valence-electron chi connectivity index (χ0n) is 12.1. The lowest BCUT2D eigenvalue weighted by Gasteiger charge is -2.19. The van der Waals surface area contributed by atoms with E-state index < -0.39 is 0 Å². The van der Waals surface area contributed by atoms with Gasteiger partial charge < -0.3 is 0 Å². The van der Waals surface area contributed by atoms with Crippen LogP contribution in [0.5, 0.6) is 0 Å². The van der Waals surface area contributed by atoms with Gasteiger partial charge in [-0.15, -0.1) is 0 Å². The predicted octanol–water partition coefficient (Wildman–Crippen LogP) is 3.53. The van der Waals surface area contributed by atoms with E-state index in [1.54, 1.807) is 0 Å². The lowest BCUT2D eigenvalue weighted by Crippen LogP contribution is -2.28. The predicted molar refractivity (Wildman–Crippen MR) is 88.8 cm³/mol. The van der Waals surface area contributed by atoms with Crippen molar-refractivity contribution in [3.8, 4) is 0 Å². The maximum atomic E-state index is 12.3. The van der Waals surface area contributed by atoms with Gasteiger partial charge in [-0.05, 0) is 21.9 Å². The zero-order chi connectivity index (χ0) is 13.9. The zero-order valence-corrected chi connectivity index (χ0v) is 13.7. The first-order valence-electron chi connectivity index (χ1n) is 6.82. The molecule has 0 amide bonds. The molecule has 1 heterocycles. The molecule has 0 aliphatic carbocycles. The maximum absolute atomic E-state index is 12.3. The average Bonchev–Trinajstić information content (AvgIpc) is 2.39. The molecule has 2 rings (SSSR count). The molecule has 1 aromatic rings. The summed E-state index contributed by atoms with van der Waals surface area (Å²) in [5.41, 5.74) is 2.34. The summed E-state index contributed by atoms with van der Waals surface area (Å²) in [6.45, 7) is 6.60. The van der Waals surface area contributed by atoms with Crippen molar-refractivity contribution >= 4 is 28.4 Å². The van der Waals surface area contributed by atoms with Crippen LogP contribution >= 0.6 is 11.8 Å². The van der Waals surface area contributed by atoms with Gasteiger partial charge in [0, 0.05) is 17.1 Å². The second-order valence-corrected chi connectivity index (χ2v) is 9.58. The molecule has 0 aromatic heterocycles. The Balaban J connectivity index is 1.99. The van der Waals surface area contributed by atoms with Crippen molar-refractivity contribution in [2.75, 3.05) is 28.8 Å². The second-order valence-electron chi connectivity index (χ2n) is 6.03. The number of thioether (sulfide) groups is 1. The van der Waals surface area contributed by atoms with E-state index in [2.05, 4.69) is 32.9 Å². The van der Waals surface area contributed by atoms with E-state index in [1.165, 1.54) is 28.6 Å². The molecular weight excluding hydrogens is 272 g/mol. The standard InChI is InChI=1S/C16H23OS2/c1-16(2,3)14-6-4-13(5-7-14)15(17)12-19-10-8-18-9-11-19/h4-7H,8-12H2,1-3H3/q+1. The summed E-state index contributed by atoms with van der Waals surface area (Å²) in [6, 6.07) is 8.22. The smallest absolute Gasteiger partial charge is 0.211 e. The van der Waals surface area contributed by atoms with Crippen LogP contribution in [0.25, 0.3) is 0 Å². The second kappa shape index (κ2) is 6.36. The van der Waals surface area contributed by atoms with E-state index in [0.29, 0.717) is 16.7 Å². The Hall–Kier alpha value is -0.410. The maximum Gasteiger partial charge on any atom is 0.211 e. The van der Waals surface area contributed by atoms with Crippen LogP contribution in [0.15, 0.2) is 24.3 Å². The number of benzene rings is 1. The van der Waals surface area contributed by atoms with Gasteiger partial charge in [0.1, 0.15) is 11.5 Å². The molecule has 0 radical (unpaired) electrons. The van der Waals surface area contributed by atoms with E-state index in [0.717, 1.165) is 11.3 Å². The Morgan fingerprint density at radius 3 is 2.26 bits per heavy atom. The summed E-state index contributed by atoms with van der Waals surface area (Å²) < 4.78 is 0. The van der Waals surface area contributed by atoms with Gasteiger partial charge in [-0.25, -0.2) is 0 Å². The summed E-state index contributed by atoms with van der Waals surface area (Å²) in [5.74, 6) is 6.02. The molecule has 0 N–H and O–H groups in total. The molecule has 1 saturated heterocycles. The molecule has 1 aliphatic heterocycles. The third-order valence-electron chi connectivity index (χ3n) is 3.44. The fourth-order valence-electron chi connectivity index (χ4n) is 2.13. The highest BCUT2D eigenvalue weighted by Gasteiger charge is 2.26. The number of ketones is 1. The molecule has 0 saturated carbocycles. The Morgan fingerprint density at radius 2 is 1.74 bits per heavy atom. The molecule has 1 nitrogen and oxygen atoms in total. The number of carbonyl (C=O) groups excluding carboxylic acids is 1. The lowest BCUT2D eigenvalue weighted by atomic mass is 9.86. The molecule has 0 atom stereocenters. The van der Waals surface area contributed by atoms with E-state index in [1.807, 2.05) is 23.9 Å². The van der Waals surface area contributed by atoms with Gasteiger partial charge in [-0.2, -0.15) is 11.8 Å². The van der Waals surface area contributed by atoms with Gasteiger partial charge in [0.25, 0.3) is 0 Å². The quantitative estimate of drug-likeness (QED) is 0.627. The van der Waals surface area contributed by atoms with Crippen molar-refractivity contribution in [2.45, 2.75) is 26.2 Å². The molecule has 1 aromatic carbocycles. The first-order chi connectivity index (χ1) is 8.97. The van der Waals surface area contributed by atoms with Gasteiger partial charge in [0.05, 0.1) is 0 Å². The Bertz CT molecular complexity index is 425. The molecule has 1 fully saturated rings. The first-order valence-corrected chi connectivity index (χ1v) is 9.71. The minimum atomic E-state index is 0.157. The van der Waals surface area contributed by atoms with E-state index in [9.17, 15) is 4.79 Å². The third kappa shape index (κ3) is 4.28. The van der Waals surface area contributed by atoms with Crippen molar-refractivity contribution < 1.29 is 4.79 Å². The highest BCUT2D eigenvalue weighted by atomic mass is 32.2. The fraction of sp³-hybridized carbons (Fsp3) is 0.562. The van der Waals surface area contributed by atoms with Crippen LogP contribution < -0.4 is 0 Å². The lowest BCUT2D eigenvalue weighted by molar-refractivity contribution is 0.102. The van der Waals surface area contributed by atoms with Crippen molar-refractivity contribution in [3.63, 3.8) is 0 Å². The number of hydrogen-bond donors (Lipinski definition) is 0. The van der Waals surface area contributed by atoms with Gasteiger partial charge in [-0.1, -0.05) is 45.0 Å². The Kier molecular flexibility index (Phi) is 5.02. The number of hydrogen-bond acceptors (Lipinski definition) is 2. The molecule has 1 aliphatic rings. The average molecular weight is 295 g/mol. The van der Waals surface area contributed by atoms with Crippen LogP contribution in [0, 0.1) is 0 Å². The topological polar surface area (TPSA) is 17.1 Å². The third-order valence-corrected chi connectivity index (χ3v) is 7.18. The molecule has 0 spiro atoms. The van der Waals surface area contributed by atoms with Crippen molar-refractivity contribution in [1.29, 1.82) is 0 Å². The van der Waals surface area contributed by atoms with Crippen LogP contribution in [0.2, 0.25) is 0 Å². The number of Topliss-reactive ketones (excluding diaryl/α,β-unsaturated/α-hetero) is 1.